The molecule has 0 aromatic carbocycles. The van der Waals surface area contributed by atoms with Gasteiger partial charge in [0.05, 0.1) is 5.51 Å². The molecule has 15 heavy (non-hydrogen) atoms. The summed E-state index contributed by atoms with van der Waals surface area (Å²) in [5, 5.41) is 6.37. The molecule has 0 saturated carbocycles. The Bertz CT molecular complexity index is 315. The first-order valence-corrected chi connectivity index (χ1v) is 6.05. The van der Waals surface area contributed by atoms with Crippen LogP contribution in [-0.2, 0) is 4.79 Å². The van der Waals surface area contributed by atoms with Crippen molar-refractivity contribution in [1.29, 1.82) is 0 Å². The second-order valence-electron chi connectivity index (χ2n) is 3.83. The highest BCUT2D eigenvalue weighted by Gasteiger charge is 2.20. The van der Waals surface area contributed by atoms with Crippen LogP contribution < -0.4 is 10.6 Å². The zero-order valence-electron chi connectivity index (χ0n) is 8.69. The molecule has 1 aliphatic rings. The lowest BCUT2D eigenvalue weighted by atomic mass is 10.1. The zero-order valence-corrected chi connectivity index (χ0v) is 9.51. The number of hydrogen-bond donors (Lipinski definition) is 2. The van der Waals surface area contributed by atoms with Crippen LogP contribution in [-0.4, -0.2) is 23.5 Å². The fourth-order valence-electron chi connectivity index (χ4n) is 1.75. The molecule has 1 fully saturated rings. The molecule has 1 aromatic rings. The SMILES string of the molecule is CC(NC1CCC(=O)NC1)c1cncs1. The third-order valence-electron chi connectivity index (χ3n) is 2.63. The number of rotatable bonds is 3. The average molecular weight is 225 g/mol. The Labute approximate surface area is 93.1 Å². The van der Waals surface area contributed by atoms with E-state index in [9.17, 15) is 4.79 Å². The number of amides is 1. The molecule has 1 saturated heterocycles. The van der Waals surface area contributed by atoms with Crippen molar-refractivity contribution in [2.45, 2.75) is 31.8 Å². The van der Waals surface area contributed by atoms with E-state index in [0.717, 1.165) is 13.0 Å². The number of piperidine rings is 1. The lowest BCUT2D eigenvalue weighted by molar-refractivity contribution is -0.122. The smallest absolute Gasteiger partial charge is 0.220 e. The van der Waals surface area contributed by atoms with Gasteiger partial charge in [-0.3, -0.25) is 9.78 Å². The summed E-state index contributed by atoms with van der Waals surface area (Å²) < 4.78 is 0. The van der Waals surface area contributed by atoms with Crippen LogP contribution in [0.25, 0.3) is 0 Å². The molecule has 4 nitrogen and oxygen atoms in total. The van der Waals surface area contributed by atoms with Gasteiger partial charge in [0.15, 0.2) is 0 Å². The van der Waals surface area contributed by atoms with E-state index in [0.29, 0.717) is 18.5 Å². The van der Waals surface area contributed by atoms with Crippen molar-refractivity contribution in [3.63, 3.8) is 0 Å². The molecule has 0 bridgehead atoms. The Morgan fingerprint density at radius 1 is 1.73 bits per heavy atom. The molecule has 0 radical (unpaired) electrons. The summed E-state index contributed by atoms with van der Waals surface area (Å²) in [5.41, 5.74) is 1.84. The number of nitrogens with one attached hydrogen (secondary N) is 2. The molecular weight excluding hydrogens is 210 g/mol. The first-order valence-electron chi connectivity index (χ1n) is 5.17. The van der Waals surface area contributed by atoms with Gasteiger partial charge in [-0.25, -0.2) is 0 Å². The normalized spacial score (nSPS) is 23.5. The lowest BCUT2D eigenvalue weighted by Crippen LogP contribution is -2.46. The van der Waals surface area contributed by atoms with E-state index in [-0.39, 0.29) is 5.91 Å². The monoisotopic (exact) mass is 225 g/mol. The van der Waals surface area contributed by atoms with E-state index in [4.69, 9.17) is 0 Å². The summed E-state index contributed by atoms with van der Waals surface area (Å²) in [4.78, 5) is 16.3. The first kappa shape index (κ1) is 10.6. The number of nitrogens with zero attached hydrogens (tertiary/aromatic N) is 1. The van der Waals surface area contributed by atoms with Crippen molar-refractivity contribution < 1.29 is 4.79 Å². The van der Waals surface area contributed by atoms with Crippen LogP contribution in [0.15, 0.2) is 11.7 Å². The molecular formula is C10H15N3OS. The number of carbonyl (C=O) groups is 1. The Morgan fingerprint density at radius 3 is 3.20 bits per heavy atom. The Balaban J connectivity index is 1.84. The summed E-state index contributed by atoms with van der Waals surface area (Å²) in [6, 6.07) is 0.706. The summed E-state index contributed by atoms with van der Waals surface area (Å²) in [6.45, 7) is 2.87. The van der Waals surface area contributed by atoms with Gasteiger partial charge in [-0.2, -0.15) is 0 Å². The fraction of sp³-hybridized carbons (Fsp3) is 0.600. The van der Waals surface area contributed by atoms with Crippen LogP contribution in [0.4, 0.5) is 0 Å². The predicted octanol–water partition coefficient (Wildman–Crippen LogP) is 1.07. The van der Waals surface area contributed by atoms with Crippen molar-refractivity contribution >= 4 is 17.2 Å². The molecule has 2 atom stereocenters. The number of carbonyl (C=O) groups excluding carboxylic acids is 1. The van der Waals surface area contributed by atoms with Crippen LogP contribution in [0, 0.1) is 0 Å². The van der Waals surface area contributed by atoms with Gasteiger partial charge in [-0.1, -0.05) is 0 Å². The maximum atomic E-state index is 11.0. The predicted molar refractivity (Wildman–Crippen MR) is 59.7 cm³/mol. The minimum Gasteiger partial charge on any atom is -0.355 e. The highest BCUT2D eigenvalue weighted by Crippen LogP contribution is 2.18. The molecule has 1 aliphatic heterocycles. The van der Waals surface area contributed by atoms with Gasteiger partial charge in [-0.15, -0.1) is 11.3 Å². The second kappa shape index (κ2) is 4.72. The average Bonchev–Trinajstić information content (AvgIpc) is 2.74. The van der Waals surface area contributed by atoms with Crippen molar-refractivity contribution in [2.24, 2.45) is 0 Å². The van der Waals surface area contributed by atoms with Gasteiger partial charge in [-0.05, 0) is 13.3 Å². The largest absolute Gasteiger partial charge is 0.355 e. The highest BCUT2D eigenvalue weighted by atomic mass is 32.1. The van der Waals surface area contributed by atoms with E-state index in [1.807, 2.05) is 11.7 Å². The maximum Gasteiger partial charge on any atom is 0.220 e. The standard InChI is InChI=1S/C10H15N3OS/c1-7(9-5-11-6-15-9)13-8-2-3-10(14)12-4-8/h5-8,13H,2-4H2,1H3,(H,12,14). The Kier molecular flexibility index (Phi) is 3.33. The van der Waals surface area contributed by atoms with Crippen LogP contribution >= 0.6 is 11.3 Å². The second-order valence-corrected chi connectivity index (χ2v) is 4.75. The molecule has 1 amide bonds. The Hall–Kier alpha value is -0.940. The maximum absolute atomic E-state index is 11.0. The molecule has 0 aliphatic carbocycles. The topological polar surface area (TPSA) is 54.0 Å². The molecule has 2 N–H and O–H groups in total. The molecule has 1 aromatic heterocycles. The van der Waals surface area contributed by atoms with Crippen LogP contribution in [0.3, 0.4) is 0 Å². The molecule has 5 heteroatoms. The molecule has 82 valence electrons. The number of thiazole rings is 1. The van der Waals surface area contributed by atoms with E-state index in [1.54, 1.807) is 11.3 Å². The molecule has 2 heterocycles. The van der Waals surface area contributed by atoms with Gasteiger partial charge in [0.2, 0.25) is 5.91 Å². The van der Waals surface area contributed by atoms with Crippen molar-refractivity contribution in [2.75, 3.05) is 6.54 Å². The van der Waals surface area contributed by atoms with Crippen molar-refractivity contribution in [1.82, 2.24) is 15.6 Å². The summed E-state index contributed by atoms with van der Waals surface area (Å²) in [6.07, 6.45) is 3.45. The fourth-order valence-corrected chi connectivity index (χ4v) is 2.39. The molecule has 0 spiro atoms. The summed E-state index contributed by atoms with van der Waals surface area (Å²) >= 11 is 1.66. The number of aromatic nitrogens is 1. The van der Waals surface area contributed by atoms with Gasteiger partial charge in [0, 0.05) is 36.1 Å². The first-order chi connectivity index (χ1) is 7.25. The minimum absolute atomic E-state index is 0.165. The highest BCUT2D eigenvalue weighted by molar-refractivity contribution is 7.09. The van der Waals surface area contributed by atoms with Crippen LogP contribution in [0.2, 0.25) is 0 Å². The molecule has 2 unspecified atom stereocenters. The van der Waals surface area contributed by atoms with Gasteiger partial charge >= 0.3 is 0 Å². The van der Waals surface area contributed by atoms with Crippen LogP contribution in [0.5, 0.6) is 0 Å². The van der Waals surface area contributed by atoms with Gasteiger partial charge in [0.25, 0.3) is 0 Å². The van der Waals surface area contributed by atoms with E-state index in [1.165, 1.54) is 4.88 Å². The summed E-state index contributed by atoms with van der Waals surface area (Å²) in [5.74, 6) is 0.165. The zero-order chi connectivity index (χ0) is 10.7. The lowest BCUT2D eigenvalue weighted by Gasteiger charge is -2.26. The summed E-state index contributed by atoms with van der Waals surface area (Å²) in [7, 11) is 0. The van der Waals surface area contributed by atoms with Crippen molar-refractivity contribution in [3.8, 4) is 0 Å². The Morgan fingerprint density at radius 2 is 2.60 bits per heavy atom. The third-order valence-corrected chi connectivity index (χ3v) is 3.59. The minimum atomic E-state index is 0.165. The molecule has 2 rings (SSSR count). The van der Waals surface area contributed by atoms with E-state index in [2.05, 4.69) is 22.5 Å². The number of hydrogen-bond acceptors (Lipinski definition) is 4. The van der Waals surface area contributed by atoms with Gasteiger partial charge < -0.3 is 10.6 Å². The van der Waals surface area contributed by atoms with Gasteiger partial charge in [0.1, 0.15) is 0 Å². The van der Waals surface area contributed by atoms with E-state index >= 15 is 0 Å². The van der Waals surface area contributed by atoms with Crippen LogP contribution in [0.1, 0.15) is 30.7 Å². The van der Waals surface area contributed by atoms with E-state index < -0.39 is 0 Å². The van der Waals surface area contributed by atoms with Crippen molar-refractivity contribution in [3.05, 3.63) is 16.6 Å². The quantitative estimate of drug-likeness (QED) is 0.809. The third kappa shape index (κ3) is 2.76.